The molecule has 0 unspecified atom stereocenters. The third kappa shape index (κ3) is 3.31. The maximum absolute atomic E-state index is 12.4. The third-order valence-electron chi connectivity index (χ3n) is 3.81. The second-order valence-corrected chi connectivity index (χ2v) is 5.81. The number of nitrogens with zero attached hydrogens (tertiary/aromatic N) is 1. The van der Waals surface area contributed by atoms with Crippen LogP contribution in [0.1, 0.15) is 27.2 Å². The molecule has 1 heterocycles. The average Bonchev–Trinajstić information content (AvgIpc) is 3.02. The first-order valence-electron chi connectivity index (χ1n) is 7.54. The number of carbonyl (C=O) groups is 1. The van der Waals surface area contributed by atoms with Gasteiger partial charge >= 0.3 is 0 Å². The van der Waals surface area contributed by atoms with Gasteiger partial charge in [-0.15, -0.1) is 0 Å². The fourth-order valence-electron chi connectivity index (χ4n) is 2.37. The molecule has 0 fully saturated rings. The molecule has 0 saturated carbocycles. The monoisotopic (exact) mass is 305 g/mol. The fraction of sp³-hybridized carbons (Fsp3) is 0.158. The van der Waals surface area contributed by atoms with Crippen LogP contribution in [0, 0.1) is 20.8 Å². The number of aryl methyl sites for hydroxylation is 3. The number of hydrogen-bond donors (Lipinski definition) is 2. The maximum atomic E-state index is 12.4. The molecule has 2 N–H and O–H groups in total. The van der Waals surface area contributed by atoms with Crippen molar-refractivity contribution in [2.24, 2.45) is 0 Å². The van der Waals surface area contributed by atoms with E-state index in [0.29, 0.717) is 5.69 Å². The summed E-state index contributed by atoms with van der Waals surface area (Å²) < 4.78 is 0. The van der Waals surface area contributed by atoms with Crippen molar-refractivity contribution in [3.05, 3.63) is 70.9 Å². The topological polar surface area (TPSA) is 57.8 Å². The predicted octanol–water partition coefficient (Wildman–Crippen LogP) is 4.25. The van der Waals surface area contributed by atoms with Gasteiger partial charge in [0.2, 0.25) is 0 Å². The largest absolute Gasteiger partial charge is 0.320 e. The molecule has 0 bridgehead atoms. The summed E-state index contributed by atoms with van der Waals surface area (Å²) in [5.41, 5.74) is 6.34. The van der Waals surface area contributed by atoms with Gasteiger partial charge in [-0.25, -0.2) is 0 Å². The van der Waals surface area contributed by atoms with Gasteiger partial charge < -0.3 is 5.32 Å². The summed E-state index contributed by atoms with van der Waals surface area (Å²) in [6, 6.07) is 15.8. The minimum atomic E-state index is -0.190. The lowest BCUT2D eigenvalue weighted by Gasteiger charge is -2.08. The Morgan fingerprint density at radius 2 is 1.65 bits per heavy atom. The van der Waals surface area contributed by atoms with Gasteiger partial charge in [0.15, 0.2) is 0 Å². The zero-order valence-corrected chi connectivity index (χ0v) is 13.5. The van der Waals surface area contributed by atoms with Crippen LogP contribution in [-0.4, -0.2) is 16.1 Å². The molecular formula is C19H19N3O. The minimum absolute atomic E-state index is 0.190. The highest BCUT2D eigenvalue weighted by atomic mass is 16.1. The number of H-pyrrole nitrogens is 1. The molecule has 0 saturated heterocycles. The van der Waals surface area contributed by atoms with E-state index in [1.165, 1.54) is 5.56 Å². The van der Waals surface area contributed by atoms with Gasteiger partial charge in [-0.3, -0.25) is 9.89 Å². The van der Waals surface area contributed by atoms with Crippen LogP contribution in [0.25, 0.3) is 11.3 Å². The molecule has 0 atom stereocenters. The summed E-state index contributed by atoms with van der Waals surface area (Å²) in [7, 11) is 0. The number of benzene rings is 2. The second kappa shape index (κ2) is 6.08. The van der Waals surface area contributed by atoms with Gasteiger partial charge in [-0.05, 0) is 44.0 Å². The van der Waals surface area contributed by atoms with Crippen molar-refractivity contribution < 1.29 is 4.79 Å². The van der Waals surface area contributed by atoms with Crippen molar-refractivity contribution >= 4 is 11.6 Å². The Labute approximate surface area is 135 Å². The SMILES string of the molecule is Cc1ccc(-c2cc(C(=O)Nc3cc(C)ccc3C)[nH]n2)cc1. The highest BCUT2D eigenvalue weighted by molar-refractivity contribution is 6.03. The number of rotatable bonds is 3. The first-order chi connectivity index (χ1) is 11.0. The van der Waals surface area contributed by atoms with Gasteiger partial charge in [-0.1, -0.05) is 42.0 Å². The Hall–Kier alpha value is -2.88. The molecular weight excluding hydrogens is 286 g/mol. The number of amides is 1. The quantitative estimate of drug-likeness (QED) is 0.760. The standard InChI is InChI=1S/C19H19N3O/c1-12-5-8-15(9-6-12)17-11-18(22-21-17)19(23)20-16-10-13(2)4-7-14(16)3/h4-11H,1-3H3,(H,20,23)(H,21,22). The van der Waals surface area contributed by atoms with E-state index in [1.807, 2.05) is 63.2 Å². The molecule has 1 amide bonds. The van der Waals surface area contributed by atoms with Gasteiger partial charge in [0.25, 0.3) is 5.91 Å². The Bertz CT molecular complexity index is 847. The average molecular weight is 305 g/mol. The van der Waals surface area contributed by atoms with Crippen LogP contribution in [0.15, 0.2) is 48.5 Å². The Balaban J connectivity index is 1.81. The smallest absolute Gasteiger partial charge is 0.273 e. The van der Waals surface area contributed by atoms with Crippen molar-refractivity contribution in [3.63, 3.8) is 0 Å². The second-order valence-electron chi connectivity index (χ2n) is 5.81. The molecule has 0 aliphatic rings. The zero-order chi connectivity index (χ0) is 16.4. The molecule has 23 heavy (non-hydrogen) atoms. The molecule has 3 rings (SSSR count). The molecule has 1 aromatic heterocycles. The lowest BCUT2D eigenvalue weighted by atomic mass is 10.1. The van der Waals surface area contributed by atoms with Crippen molar-refractivity contribution in [1.82, 2.24) is 10.2 Å². The van der Waals surface area contributed by atoms with Crippen molar-refractivity contribution in [3.8, 4) is 11.3 Å². The van der Waals surface area contributed by atoms with E-state index < -0.39 is 0 Å². The number of nitrogens with one attached hydrogen (secondary N) is 2. The van der Waals surface area contributed by atoms with Crippen molar-refractivity contribution in [1.29, 1.82) is 0 Å². The summed E-state index contributed by atoms with van der Waals surface area (Å²) >= 11 is 0. The number of aromatic nitrogens is 2. The molecule has 0 aliphatic carbocycles. The number of aromatic amines is 1. The van der Waals surface area contributed by atoms with Gasteiger partial charge in [0.05, 0.1) is 5.69 Å². The lowest BCUT2D eigenvalue weighted by molar-refractivity contribution is 0.102. The van der Waals surface area contributed by atoms with E-state index in [2.05, 4.69) is 15.5 Å². The first-order valence-corrected chi connectivity index (χ1v) is 7.54. The van der Waals surface area contributed by atoms with Crippen LogP contribution in [0.3, 0.4) is 0 Å². The van der Waals surface area contributed by atoms with Gasteiger partial charge in [0, 0.05) is 11.3 Å². The molecule has 2 aromatic carbocycles. The van der Waals surface area contributed by atoms with E-state index in [4.69, 9.17) is 0 Å². The number of hydrogen-bond acceptors (Lipinski definition) is 2. The van der Waals surface area contributed by atoms with E-state index in [0.717, 1.165) is 28.1 Å². The predicted molar refractivity (Wildman–Crippen MR) is 92.6 cm³/mol. The third-order valence-corrected chi connectivity index (χ3v) is 3.81. The van der Waals surface area contributed by atoms with E-state index in [9.17, 15) is 4.79 Å². The molecule has 0 spiro atoms. The molecule has 4 heteroatoms. The summed E-state index contributed by atoms with van der Waals surface area (Å²) in [5, 5.41) is 9.97. The van der Waals surface area contributed by atoms with Crippen LogP contribution >= 0.6 is 0 Å². The Kier molecular flexibility index (Phi) is 3.98. The Morgan fingerprint density at radius 3 is 2.39 bits per heavy atom. The Morgan fingerprint density at radius 1 is 0.957 bits per heavy atom. The van der Waals surface area contributed by atoms with E-state index >= 15 is 0 Å². The van der Waals surface area contributed by atoms with Crippen molar-refractivity contribution in [2.75, 3.05) is 5.32 Å². The lowest BCUT2D eigenvalue weighted by Crippen LogP contribution is -2.13. The van der Waals surface area contributed by atoms with Crippen LogP contribution in [0.2, 0.25) is 0 Å². The first kappa shape index (κ1) is 15.0. The van der Waals surface area contributed by atoms with Gasteiger partial charge in [-0.2, -0.15) is 5.10 Å². The van der Waals surface area contributed by atoms with Crippen LogP contribution in [0.5, 0.6) is 0 Å². The van der Waals surface area contributed by atoms with Gasteiger partial charge in [0.1, 0.15) is 5.69 Å². The molecule has 0 radical (unpaired) electrons. The molecule has 4 nitrogen and oxygen atoms in total. The summed E-state index contributed by atoms with van der Waals surface area (Å²) in [5.74, 6) is -0.190. The summed E-state index contributed by atoms with van der Waals surface area (Å²) in [6.07, 6.45) is 0. The number of anilines is 1. The normalized spacial score (nSPS) is 10.6. The summed E-state index contributed by atoms with van der Waals surface area (Å²) in [6.45, 7) is 6.01. The highest BCUT2D eigenvalue weighted by Gasteiger charge is 2.12. The highest BCUT2D eigenvalue weighted by Crippen LogP contribution is 2.20. The van der Waals surface area contributed by atoms with Crippen LogP contribution in [0.4, 0.5) is 5.69 Å². The minimum Gasteiger partial charge on any atom is -0.320 e. The van der Waals surface area contributed by atoms with Crippen LogP contribution in [-0.2, 0) is 0 Å². The molecule has 116 valence electrons. The molecule has 3 aromatic rings. The van der Waals surface area contributed by atoms with E-state index in [1.54, 1.807) is 6.07 Å². The fourth-order valence-corrected chi connectivity index (χ4v) is 2.37. The zero-order valence-electron chi connectivity index (χ0n) is 13.5. The maximum Gasteiger partial charge on any atom is 0.273 e. The molecule has 0 aliphatic heterocycles. The van der Waals surface area contributed by atoms with Crippen molar-refractivity contribution in [2.45, 2.75) is 20.8 Å². The van der Waals surface area contributed by atoms with E-state index in [-0.39, 0.29) is 5.91 Å². The number of carbonyl (C=O) groups excluding carboxylic acids is 1. The summed E-state index contributed by atoms with van der Waals surface area (Å²) in [4.78, 5) is 12.4. The van der Waals surface area contributed by atoms with Crippen LogP contribution < -0.4 is 5.32 Å².